The average Bonchev–Trinajstić information content (AvgIpc) is 2.64. The van der Waals surface area contributed by atoms with Crippen LogP contribution in [-0.2, 0) is 4.79 Å². The Morgan fingerprint density at radius 2 is 2.27 bits per heavy atom. The van der Waals surface area contributed by atoms with Crippen LogP contribution in [0, 0.1) is 5.41 Å². The van der Waals surface area contributed by atoms with E-state index in [9.17, 15) is 4.79 Å². The van der Waals surface area contributed by atoms with Crippen LogP contribution in [-0.4, -0.2) is 18.5 Å². The Morgan fingerprint density at radius 3 is 2.64 bits per heavy atom. The first-order chi connectivity index (χ1) is 5.03. The first-order valence-electron chi connectivity index (χ1n) is 4.07. The van der Waals surface area contributed by atoms with E-state index < -0.39 is 0 Å². The Labute approximate surface area is 67.3 Å². The summed E-state index contributed by atoms with van der Waals surface area (Å²) < 4.78 is 0. The Kier molecular flexibility index (Phi) is 2.18. The van der Waals surface area contributed by atoms with E-state index in [2.05, 4.69) is 12.2 Å². The minimum absolute atomic E-state index is 0.0434. The molecule has 64 valence electrons. The highest BCUT2D eigenvalue weighted by Crippen LogP contribution is 2.43. The Balaban J connectivity index is 2.16. The van der Waals surface area contributed by atoms with E-state index in [4.69, 9.17) is 5.73 Å². The van der Waals surface area contributed by atoms with E-state index in [1.807, 2.05) is 0 Å². The van der Waals surface area contributed by atoms with Gasteiger partial charge in [0, 0.05) is 6.54 Å². The van der Waals surface area contributed by atoms with Gasteiger partial charge in [0.1, 0.15) is 0 Å². The fourth-order valence-electron chi connectivity index (χ4n) is 0.852. The summed E-state index contributed by atoms with van der Waals surface area (Å²) in [6.45, 7) is 4.66. The molecular weight excluding hydrogens is 140 g/mol. The molecule has 0 radical (unpaired) electrons. The molecule has 0 saturated heterocycles. The molecule has 0 aromatic rings. The molecule has 0 heterocycles. The van der Waals surface area contributed by atoms with Crippen LogP contribution in [0.1, 0.15) is 26.7 Å². The summed E-state index contributed by atoms with van der Waals surface area (Å²) in [5.74, 6) is -0.0434. The monoisotopic (exact) mass is 156 g/mol. The first-order valence-corrected chi connectivity index (χ1v) is 4.07. The van der Waals surface area contributed by atoms with E-state index in [-0.39, 0.29) is 11.9 Å². The lowest BCUT2D eigenvalue weighted by Gasteiger charge is -2.11. The molecule has 0 aromatic carbocycles. The van der Waals surface area contributed by atoms with Crippen LogP contribution in [0.15, 0.2) is 0 Å². The molecule has 3 heteroatoms. The predicted octanol–water partition coefficient (Wildman–Crippen LogP) is 0.250. The molecule has 0 spiro atoms. The topological polar surface area (TPSA) is 55.1 Å². The molecule has 3 nitrogen and oxygen atoms in total. The highest BCUT2D eigenvalue weighted by molar-refractivity contribution is 5.80. The smallest absolute Gasteiger partial charge is 0.236 e. The maximum absolute atomic E-state index is 11.0. The lowest BCUT2D eigenvalue weighted by molar-refractivity contribution is -0.122. The Morgan fingerprint density at radius 1 is 1.73 bits per heavy atom. The van der Waals surface area contributed by atoms with Gasteiger partial charge in [0.05, 0.1) is 6.04 Å². The number of hydrogen-bond acceptors (Lipinski definition) is 2. The Bertz CT molecular complexity index is 161. The number of nitrogens with two attached hydrogens (primary N) is 1. The fourth-order valence-corrected chi connectivity index (χ4v) is 0.852. The van der Waals surface area contributed by atoms with Crippen molar-refractivity contribution in [1.82, 2.24) is 5.32 Å². The first kappa shape index (κ1) is 8.53. The van der Waals surface area contributed by atoms with Crippen molar-refractivity contribution in [2.75, 3.05) is 6.54 Å². The van der Waals surface area contributed by atoms with Gasteiger partial charge in [-0.05, 0) is 25.2 Å². The van der Waals surface area contributed by atoms with Crippen molar-refractivity contribution in [1.29, 1.82) is 0 Å². The van der Waals surface area contributed by atoms with Crippen LogP contribution in [0.4, 0.5) is 0 Å². The second kappa shape index (κ2) is 2.81. The van der Waals surface area contributed by atoms with Gasteiger partial charge in [-0.1, -0.05) is 6.92 Å². The largest absolute Gasteiger partial charge is 0.354 e. The van der Waals surface area contributed by atoms with Crippen LogP contribution in [0.3, 0.4) is 0 Å². The highest BCUT2D eigenvalue weighted by Gasteiger charge is 2.37. The minimum atomic E-state index is -0.377. The van der Waals surface area contributed by atoms with E-state index in [0.717, 1.165) is 6.54 Å². The van der Waals surface area contributed by atoms with Crippen LogP contribution in [0.5, 0.6) is 0 Å². The van der Waals surface area contributed by atoms with Crippen molar-refractivity contribution in [2.45, 2.75) is 32.7 Å². The lowest BCUT2D eigenvalue weighted by Crippen LogP contribution is -2.40. The normalized spacial score (nSPS) is 22.5. The van der Waals surface area contributed by atoms with E-state index in [1.165, 1.54) is 12.8 Å². The lowest BCUT2D eigenvalue weighted by atomic mass is 10.1. The van der Waals surface area contributed by atoms with Crippen molar-refractivity contribution >= 4 is 5.91 Å². The molecule has 3 N–H and O–H groups in total. The molecule has 1 aliphatic rings. The number of carbonyl (C=O) groups is 1. The summed E-state index contributed by atoms with van der Waals surface area (Å²) in [6.07, 6.45) is 2.46. The van der Waals surface area contributed by atoms with Gasteiger partial charge in [0.15, 0.2) is 0 Å². The predicted molar refractivity (Wildman–Crippen MR) is 44.0 cm³/mol. The van der Waals surface area contributed by atoms with Crippen LogP contribution in [0.25, 0.3) is 0 Å². The number of amides is 1. The van der Waals surface area contributed by atoms with Gasteiger partial charge in [0.2, 0.25) is 5.91 Å². The third-order valence-corrected chi connectivity index (χ3v) is 2.21. The van der Waals surface area contributed by atoms with Crippen molar-refractivity contribution in [3.8, 4) is 0 Å². The van der Waals surface area contributed by atoms with Crippen molar-refractivity contribution < 1.29 is 4.79 Å². The van der Waals surface area contributed by atoms with E-state index in [1.54, 1.807) is 6.92 Å². The molecule has 1 rings (SSSR count). The standard InChI is InChI=1S/C8H16N2O/c1-6(9)7(11)10-5-8(2)3-4-8/h6H,3-5,9H2,1-2H3,(H,10,11)/t6-/m1/s1. The zero-order valence-electron chi connectivity index (χ0n) is 7.18. The van der Waals surface area contributed by atoms with Gasteiger partial charge < -0.3 is 11.1 Å². The maximum Gasteiger partial charge on any atom is 0.236 e. The molecular formula is C8H16N2O. The van der Waals surface area contributed by atoms with Gasteiger partial charge in [0.25, 0.3) is 0 Å². The van der Waals surface area contributed by atoms with Crippen LogP contribution < -0.4 is 11.1 Å². The van der Waals surface area contributed by atoms with E-state index >= 15 is 0 Å². The summed E-state index contributed by atoms with van der Waals surface area (Å²) in [6, 6.07) is -0.377. The minimum Gasteiger partial charge on any atom is -0.354 e. The second-order valence-electron chi connectivity index (χ2n) is 3.82. The highest BCUT2D eigenvalue weighted by atomic mass is 16.2. The van der Waals surface area contributed by atoms with Crippen LogP contribution >= 0.6 is 0 Å². The molecule has 1 saturated carbocycles. The average molecular weight is 156 g/mol. The van der Waals surface area contributed by atoms with Gasteiger partial charge >= 0.3 is 0 Å². The third-order valence-electron chi connectivity index (χ3n) is 2.21. The molecule has 1 atom stereocenters. The zero-order valence-corrected chi connectivity index (χ0v) is 7.18. The number of carbonyl (C=O) groups excluding carboxylic acids is 1. The Hall–Kier alpha value is -0.570. The zero-order chi connectivity index (χ0) is 8.48. The maximum atomic E-state index is 11.0. The van der Waals surface area contributed by atoms with Crippen molar-refractivity contribution in [3.05, 3.63) is 0 Å². The van der Waals surface area contributed by atoms with Crippen molar-refractivity contribution in [3.63, 3.8) is 0 Å². The third kappa shape index (κ3) is 2.50. The van der Waals surface area contributed by atoms with Crippen LogP contribution in [0.2, 0.25) is 0 Å². The number of rotatable bonds is 3. The molecule has 0 bridgehead atoms. The van der Waals surface area contributed by atoms with Gasteiger partial charge in [-0.15, -0.1) is 0 Å². The number of nitrogens with one attached hydrogen (secondary N) is 1. The summed E-state index contributed by atoms with van der Waals surface area (Å²) in [7, 11) is 0. The fraction of sp³-hybridized carbons (Fsp3) is 0.875. The summed E-state index contributed by atoms with van der Waals surface area (Å²) in [5, 5.41) is 2.82. The molecule has 0 unspecified atom stereocenters. The molecule has 1 amide bonds. The van der Waals surface area contributed by atoms with E-state index in [0.29, 0.717) is 5.41 Å². The van der Waals surface area contributed by atoms with Gasteiger partial charge in [-0.2, -0.15) is 0 Å². The number of hydrogen-bond donors (Lipinski definition) is 2. The molecule has 0 aliphatic heterocycles. The molecule has 0 aromatic heterocycles. The summed E-state index contributed by atoms with van der Waals surface area (Å²) >= 11 is 0. The van der Waals surface area contributed by atoms with Crippen molar-refractivity contribution in [2.24, 2.45) is 11.1 Å². The van der Waals surface area contributed by atoms with Gasteiger partial charge in [-0.25, -0.2) is 0 Å². The molecule has 1 aliphatic carbocycles. The summed E-state index contributed by atoms with van der Waals surface area (Å²) in [5.41, 5.74) is 5.75. The second-order valence-corrected chi connectivity index (χ2v) is 3.82. The molecule has 1 fully saturated rings. The summed E-state index contributed by atoms with van der Waals surface area (Å²) in [4.78, 5) is 11.0. The SMILES string of the molecule is C[C@@H](N)C(=O)NCC1(C)CC1. The van der Waals surface area contributed by atoms with Gasteiger partial charge in [-0.3, -0.25) is 4.79 Å². The molecule has 11 heavy (non-hydrogen) atoms. The quantitative estimate of drug-likeness (QED) is 0.615.